The van der Waals surface area contributed by atoms with E-state index < -0.39 is 0 Å². The summed E-state index contributed by atoms with van der Waals surface area (Å²) in [5.41, 5.74) is 1.11. The Morgan fingerprint density at radius 1 is 1.33 bits per heavy atom. The predicted octanol–water partition coefficient (Wildman–Crippen LogP) is 1.60. The number of likely N-dealkylation sites (N-methyl/N-ethyl adjacent to an activating group) is 1. The van der Waals surface area contributed by atoms with Crippen molar-refractivity contribution in [2.24, 2.45) is 0 Å². The van der Waals surface area contributed by atoms with Gasteiger partial charge in [0.05, 0.1) is 6.10 Å². The Hall–Kier alpha value is -0.650. The molecule has 0 amide bonds. The van der Waals surface area contributed by atoms with Crippen LogP contribution in [0.15, 0.2) is 24.3 Å². The van der Waals surface area contributed by atoms with Gasteiger partial charge in [-0.15, -0.1) is 0 Å². The van der Waals surface area contributed by atoms with Crippen LogP contribution >= 0.6 is 11.6 Å². The largest absolute Gasteiger partial charge is 0.390 e. The average Bonchev–Trinajstić information content (AvgIpc) is 2.48. The Balaban J connectivity index is 1.85. The zero-order chi connectivity index (χ0) is 15.2. The summed E-state index contributed by atoms with van der Waals surface area (Å²) in [5.74, 6) is 0. The van der Waals surface area contributed by atoms with Crippen LogP contribution in [0.25, 0.3) is 0 Å². The molecule has 4 nitrogen and oxygen atoms in total. The minimum absolute atomic E-state index is 0.191. The summed E-state index contributed by atoms with van der Waals surface area (Å²) in [4.78, 5) is 4.48. The molecule has 0 bridgehead atoms. The SMILES string of the molecule is CC(c1ccccc1Cl)N(C)CC(O)CN1CCNCC1. The Bertz CT molecular complexity index is 437. The lowest BCUT2D eigenvalue weighted by atomic mass is 10.1. The molecule has 1 aromatic rings. The molecule has 118 valence electrons. The zero-order valence-electron chi connectivity index (χ0n) is 12.9. The number of piperazine rings is 1. The number of nitrogens with one attached hydrogen (secondary N) is 1. The molecule has 21 heavy (non-hydrogen) atoms. The quantitative estimate of drug-likeness (QED) is 0.837. The summed E-state index contributed by atoms with van der Waals surface area (Å²) in [6.45, 7) is 7.56. The van der Waals surface area contributed by atoms with Crippen molar-refractivity contribution < 1.29 is 5.11 Å². The summed E-state index contributed by atoms with van der Waals surface area (Å²) < 4.78 is 0. The lowest BCUT2D eigenvalue weighted by Gasteiger charge is -2.32. The van der Waals surface area contributed by atoms with Crippen molar-refractivity contribution in [3.8, 4) is 0 Å². The van der Waals surface area contributed by atoms with E-state index in [0.717, 1.165) is 43.3 Å². The van der Waals surface area contributed by atoms with Gasteiger partial charge in [-0.3, -0.25) is 9.80 Å². The molecule has 1 saturated heterocycles. The highest BCUT2D eigenvalue weighted by Crippen LogP contribution is 2.26. The maximum Gasteiger partial charge on any atom is 0.0793 e. The lowest BCUT2D eigenvalue weighted by Crippen LogP contribution is -2.48. The van der Waals surface area contributed by atoms with Crippen LogP contribution < -0.4 is 5.32 Å². The first kappa shape index (κ1) is 16.7. The molecule has 2 rings (SSSR count). The normalized spacial score (nSPS) is 19.7. The van der Waals surface area contributed by atoms with Gasteiger partial charge in [-0.1, -0.05) is 29.8 Å². The molecule has 1 fully saturated rings. The molecule has 1 aliphatic rings. The molecular formula is C16H26ClN3O. The van der Waals surface area contributed by atoms with Crippen molar-refractivity contribution in [1.29, 1.82) is 0 Å². The van der Waals surface area contributed by atoms with Crippen LogP contribution in [0.4, 0.5) is 0 Å². The van der Waals surface area contributed by atoms with E-state index >= 15 is 0 Å². The fraction of sp³-hybridized carbons (Fsp3) is 0.625. The van der Waals surface area contributed by atoms with Gasteiger partial charge in [0, 0.05) is 50.3 Å². The molecule has 2 N–H and O–H groups in total. The lowest BCUT2D eigenvalue weighted by molar-refractivity contribution is 0.0667. The highest BCUT2D eigenvalue weighted by Gasteiger charge is 2.19. The van der Waals surface area contributed by atoms with E-state index in [0.29, 0.717) is 6.54 Å². The van der Waals surface area contributed by atoms with E-state index in [-0.39, 0.29) is 12.1 Å². The molecule has 1 heterocycles. The average molecular weight is 312 g/mol. The third-order valence-corrected chi connectivity index (χ3v) is 4.54. The molecule has 5 heteroatoms. The number of aliphatic hydroxyl groups is 1. The first-order valence-electron chi connectivity index (χ1n) is 7.63. The van der Waals surface area contributed by atoms with Crippen molar-refractivity contribution in [3.05, 3.63) is 34.9 Å². The van der Waals surface area contributed by atoms with Gasteiger partial charge in [-0.25, -0.2) is 0 Å². The molecular weight excluding hydrogens is 286 g/mol. The van der Waals surface area contributed by atoms with Crippen molar-refractivity contribution in [2.45, 2.75) is 19.1 Å². The number of aliphatic hydroxyl groups excluding tert-OH is 1. The fourth-order valence-corrected chi connectivity index (χ4v) is 3.09. The minimum atomic E-state index is -0.335. The maximum absolute atomic E-state index is 10.3. The van der Waals surface area contributed by atoms with Crippen LogP contribution in [0.1, 0.15) is 18.5 Å². The van der Waals surface area contributed by atoms with Crippen LogP contribution in [-0.4, -0.2) is 67.3 Å². The van der Waals surface area contributed by atoms with Crippen LogP contribution in [-0.2, 0) is 0 Å². The standard InChI is InChI=1S/C16H26ClN3O/c1-13(15-5-3-4-6-16(15)17)19(2)11-14(21)12-20-9-7-18-8-10-20/h3-6,13-14,18,21H,7-12H2,1-2H3. The Kier molecular flexibility index (Phi) is 6.45. The molecule has 0 aliphatic carbocycles. The number of hydrogen-bond donors (Lipinski definition) is 2. The number of β-amino-alcohol motifs (C(OH)–C–C–N with tert-alkyl or cyclic N) is 1. The van der Waals surface area contributed by atoms with Crippen LogP contribution in [0.5, 0.6) is 0 Å². The fourth-order valence-electron chi connectivity index (χ4n) is 2.79. The highest BCUT2D eigenvalue weighted by atomic mass is 35.5. The number of halogens is 1. The van der Waals surface area contributed by atoms with Crippen molar-refractivity contribution in [1.82, 2.24) is 15.1 Å². The van der Waals surface area contributed by atoms with Gasteiger partial charge in [-0.2, -0.15) is 0 Å². The van der Waals surface area contributed by atoms with Gasteiger partial charge in [-0.05, 0) is 25.6 Å². The van der Waals surface area contributed by atoms with Gasteiger partial charge in [0.2, 0.25) is 0 Å². The van der Waals surface area contributed by atoms with E-state index in [1.807, 2.05) is 31.3 Å². The second-order valence-corrected chi connectivity index (χ2v) is 6.25. The summed E-state index contributed by atoms with van der Waals surface area (Å²) in [7, 11) is 2.04. The summed E-state index contributed by atoms with van der Waals surface area (Å²) in [5, 5.41) is 14.4. The summed E-state index contributed by atoms with van der Waals surface area (Å²) >= 11 is 6.25. The number of rotatable bonds is 6. The second kappa shape index (κ2) is 8.11. The zero-order valence-corrected chi connectivity index (χ0v) is 13.7. The van der Waals surface area contributed by atoms with Crippen molar-refractivity contribution >= 4 is 11.6 Å². The molecule has 2 atom stereocenters. The molecule has 1 aliphatic heterocycles. The molecule has 0 saturated carbocycles. The summed E-state index contributed by atoms with van der Waals surface area (Å²) in [6.07, 6.45) is -0.335. The first-order valence-corrected chi connectivity index (χ1v) is 8.01. The third-order valence-electron chi connectivity index (χ3n) is 4.19. The van der Waals surface area contributed by atoms with Crippen molar-refractivity contribution in [2.75, 3.05) is 46.3 Å². The van der Waals surface area contributed by atoms with Crippen LogP contribution in [0.2, 0.25) is 5.02 Å². The van der Waals surface area contributed by atoms with Gasteiger partial charge >= 0.3 is 0 Å². The van der Waals surface area contributed by atoms with Gasteiger partial charge in [0.15, 0.2) is 0 Å². The van der Waals surface area contributed by atoms with E-state index in [9.17, 15) is 5.11 Å². The van der Waals surface area contributed by atoms with Gasteiger partial charge in [0.1, 0.15) is 0 Å². The van der Waals surface area contributed by atoms with Crippen LogP contribution in [0, 0.1) is 0 Å². The molecule has 2 unspecified atom stereocenters. The maximum atomic E-state index is 10.3. The Morgan fingerprint density at radius 2 is 2.00 bits per heavy atom. The van der Waals surface area contributed by atoms with E-state index in [2.05, 4.69) is 22.0 Å². The van der Waals surface area contributed by atoms with E-state index in [4.69, 9.17) is 11.6 Å². The molecule has 0 spiro atoms. The van der Waals surface area contributed by atoms with E-state index in [1.54, 1.807) is 0 Å². The van der Waals surface area contributed by atoms with E-state index in [1.165, 1.54) is 0 Å². The smallest absolute Gasteiger partial charge is 0.0793 e. The number of benzene rings is 1. The first-order chi connectivity index (χ1) is 10.1. The van der Waals surface area contributed by atoms with Gasteiger partial charge < -0.3 is 10.4 Å². The number of nitrogens with zero attached hydrogens (tertiary/aromatic N) is 2. The highest BCUT2D eigenvalue weighted by molar-refractivity contribution is 6.31. The number of hydrogen-bond acceptors (Lipinski definition) is 4. The Labute approximate surface area is 132 Å². The van der Waals surface area contributed by atoms with Gasteiger partial charge in [0.25, 0.3) is 0 Å². The second-order valence-electron chi connectivity index (χ2n) is 5.84. The third kappa shape index (κ3) is 4.94. The molecule has 0 aromatic heterocycles. The topological polar surface area (TPSA) is 38.7 Å². The summed E-state index contributed by atoms with van der Waals surface area (Å²) in [6, 6.07) is 8.10. The minimum Gasteiger partial charge on any atom is -0.390 e. The molecule has 0 radical (unpaired) electrons. The Morgan fingerprint density at radius 3 is 2.67 bits per heavy atom. The van der Waals surface area contributed by atoms with Crippen molar-refractivity contribution in [3.63, 3.8) is 0 Å². The molecule has 1 aromatic carbocycles. The monoisotopic (exact) mass is 311 g/mol. The van der Waals surface area contributed by atoms with Crippen LogP contribution in [0.3, 0.4) is 0 Å². The predicted molar refractivity (Wildman–Crippen MR) is 87.8 cm³/mol.